The Bertz CT molecular complexity index is 612. The van der Waals surface area contributed by atoms with E-state index in [1.165, 1.54) is 0 Å². The monoisotopic (exact) mass is 317 g/mol. The molecule has 1 saturated heterocycles. The van der Waals surface area contributed by atoms with Gasteiger partial charge < -0.3 is 20.3 Å². The molecule has 0 spiro atoms. The van der Waals surface area contributed by atoms with E-state index in [4.69, 9.17) is 15.0 Å². The van der Waals surface area contributed by atoms with Crippen molar-refractivity contribution < 1.29 is 9.26 Å². The number of ether oxygens (including phenoxy) is 1. The van der Waals surface area contributed by atoms with Gasteiger partial charge in [0, 0.05) is 24.8 Å². The maximum Gasteiger partial charge on any atom is 0.141 e. The van der Waals surface area contributed by atoms with Crippen LogP contribution < -0.4 is 11.1 Å². The van der Waals surface area contributed by atoms with Crippen molar-refractivity contribution in [2.24, 2.45) is 0 Å². The predicted octanol–water partition coefficient (Wildman–Crippen LogP) is 4.16. The second kappa shape index (κ2) is 8.02. The average molecular weight is 317 g/mol. The molecule has 0 saturated carbocycles. The second-order valence-corrected chi connectivity index (χ2v) is 5.53. The Kier molecular flexibility index (Phi) is 6.04. The van der Waals surface area contributed by atoms with Crippen LogP contribution in [0.15, 0.2) is 22.7 Å². The lowest BCUT2D eigenvalue weighted by atomic mass is 10.0. The lowest BCUT2D eigenvalue weighted by Gasteiger charge is -2.25. The van der Waals surface area contributed by atoms with Crippen molar-refractivity contribution >= 4 is 11.4 Å². The van der Waals surface area contributed by atoms with E-state index in [9.17, 15) is 0 Å². The summed E-state index contributed by atoms with van der Waals surface area (Å²) in [5, 5.41) is 7.50. The molecule has 5 heteroatoms. The van der Waals surface area contributed by atoms with E-state index in [1.807, 2.05) is 39.8 Å². The third-order valence-electron chi connectivity index (χ3n) is 3.95. The molecular formula is C18H27N3O2. The number of hydrogen-bond donors (Lipinski definition) is 2. The maximum atomic E-state index is 6.20. The first-order valence-electron chi connectivity index (χ1n) is 8.32. The fraction of sp³-hybridized carbons (Fsp3) is 0.500. The number of benzene rings is 1. The van der Waals surface area contributed by atoms with E-state index in [1.54, 1.807) is 0 Å². The first-order valence-corrected chi connectivity index (χ1v) is 8.32. The molecule has 0 radical (unpaired) electrons. The van der Waals surface area contributed by atoms with E-state index in [0.717, 1.165) is 60.0 Å². The summed E-state index contributed by atoms with van der Waals surface area (Å²) in [4.78, 5) is 0. The number of nitrogens with one attached hydrogen (secondary N) is 1. The Balaban J connectivity index is 0.000000924. The minimum atomic E-state index is 0.436. The van der Waals surface area contributed by atoms with Gasteiger partial charge in [0.1, 0.15) is 5.76 Å². The molecular weight excluding hydrogens is 290 g/mol. The number of rotatable bonds is 3. The molecule has 2 heterocycles. The summed E-state index contributed by atoms with van der Waals surface area (Å²) in [7, 11) is 0. The van der Waals surface area contributed by atoms with Crippen molar-refractivity contribution in [1.29, 1.82) is 0 Å². The smallest absolute Gasteiger partial charge is 0.141 e. The van der Waals surface area contributed by atoms with Crippen molar-refractivity contribution in [1.82, 2.24) is 5.16 Å². The van der Waals surface area contributed by atoms with Crippen LogP contribution in [0.4, 0.5) is 11.4 Å². The van der Waals surface area contributed by atoms with Crippen molar-refractivity contribution in [2.45, 2.75) is 46.6 Å². The fourth-order valence-corrected chi connectivity index (χ4v) is 2.81. The summed E-state index contributed by atoms with van der Waals surface area (Å²) < 4.78 is 10.6. The molecule has 0 atom stereocenters. The van der Waals surface area contributed by atoms with Crippen LogP contribution in [0, 0.1) is 13.8 Å². The van der Waals surface area contributed by atoms with Crippen LogP contribution in [0.2, 0.25) is 0 Å². The molecule has 1 fully saturated rings. The van der Waals surface area contributed by atoms with Crippen molar-refractivity contribution in [3.63, 3.8) is 0 Å². The van der Waals surface area contributed by atoms with Crippen molar-refractivity contribution in [3.05, 3.63) is 29.7 Å². The number of anilines is 2. The van der Waals surface area contributed by atoms with Gasteiger partial charge in [0.15, 0.2) is 0 Å². The predicted molar refractivity (Wildman–Crippen MR) is 94.6 cm³/mol. The number of nitrogen functional groups attached to an aromatic ring is 1. The second-order valence-electron chi connectivity index (χ2n) is 5.53. The highest BCUT2D eigenvalue weighted by Gasteiger charge is 2.16. The Morgan fingerprint density at radius 3 is 2.43 bits per heavy atom. The minimum absolute atomic E-state index is 0.436. The lowest BCUT2D eigenvalue weighted by molar-refractivity contribution is 0.0904. The summed E-state index contributed by atoms with van der Waals surface area (Å²) in [5.41, 5.74) is 10.9. The highest BCUT2D eigenvalue weighted by Crippen LogP contribution is 2.31. The Hall–Kier alpha value is -2.01. The van der Waals surface area contributed by atoms with Crippen LogP contribution in [-0.2, 0) is 4.74 Å². The first kappa shape index (κ1) is 17.3. The molecule has 0 amide bonds. The van der Waals surface area contributed by atoms with Gasteiger partial charge >= 0.3 is 0 Å². The molecule has 1 aromatic carbocycles. The summed E-state index contributed by atoms with van der Waals surface area (Å²) in [6.07, 6.45) is 2.04. The number of aryl methyl sites for hydroxylation is 2. The molecule has 126 valence electrons. The van der Waals surface area contributed by atoms with Gasteiger partial charge in [-0.05, 0) is 44.4 Å². The molecule has 3 rings (SSSR count). The molecule has 23 heavy (non-hydrogen) atoms. The van der Waals surface area contributed by atoms with Gasteiger partial charge in [-0.2, -0.15) is 0 Å². The topological polar surface area (TPSA) is 73.3 Å². The number of nitrogens with zero attached hydrogens (tertiary/aromatic N) is 1. The zero-order valence-electron chi connectivity index (χ0n) is 14.5. The quantitative estimate of drug-likeness (QED) is 0.832. The Morgan fingerprint density at radius 2 is 1.87 bits per heavy atom. The molecule has 0 unspecified atom stereocenters. The summed E-state index contributed by atoms with van der Waals surface area (Å²) in [6, 6.07) is 6.51. The molecule has 5 nitrogen and oxygen atoms in total. The van der Waals surface area contributed by atoms with Gasteiger partial charge in [0.05, 0.1) is 17.1 Å². The molecule has 1 aliphatic heterocycles. The third-order valence-corrected chi connectivity index (χ3v) is 3.95. The van der Waals surface area contributed by atoms with Gasteiger partial charge in [0.2, 0.25) is 0 Å². The Labute approximate surface area is 138 Å². The third kappa shape index (κ3) is 4.05. The van der Waals surface area contributed by atoms with Crippen LogP contribution in [0.5, 0.6) is 0 Å². The maximum absolute atomic E-state index is 6.20. The number of aromatic nitrogens is 1. The lowest BCUT2D eigenvalue weighted by Crippen LogP contribution is -2.28. The molecule has 0 bridgehead atoms. The molecule has 2 aromatic rings. The van der Waals surface area contributed by atoms with Crippen molar-refractivity contribution in [2.75, 3.05) is 24.3 Å². The number of hydrogen-bond acceptors (Lipinski definition) is 5. The van der Waals surface area contributed by atoms with Crippen LogP contribution in [0.25, 0.3) is 11.1 Å². The normalized spacial score (nSPS) is 15.0. The fourth-order valence-electron chi connectivity index (χ4n) is 2.81. The average Bonchev–Trinajstić information content (AvgIpc) is 2.91. The van der Waals surface area contributed by atoms with Crippen LogP contribution in [0.1, 0.15) is 38.1 Å². The van der Waals surface area contributed by atoms with E-state index < -0.39 is 0 Å². The van der Waals surface area contributed by atoms with Crippen LogP contribution in [0.3, 0.4) is 0 Å². The SMILES string of the molecule is CC.Cc1noc(C)c1-c1ccc(NC2CCOCC2)c(N)c1. The van der Waals surface area contributed by atoms with Crippen molar-refractivity contribution in [3.8, 4) is 11.1 Å². The van der Waals surface area contributed by atoms with Crippen LogP contribution >= 0.6 is 0 Å². The molecule has 0 aliphatic carbocycles. The molecule has 1 aromatic heterocycles. The largest absolute Gasteiger partial charge is 0.397 e. The highest BCUT2D eigenvalue weighted by molar-refractivity contribution is 5.77. The molecule has 3 N–H and O–H groups in total. The Morgan fingerprint density at radius 1 is 1.17 bits per heavy atom. The molecule has 1 aliphatic rings. The minimum Gasteiger partial charge on any atom is -0.397 e. The van der Waals surface area contributed by atoms with Gasteiger partial charge in [-0.3, -0.25) is 0 Å². The van der Waals surface area contributed by atoms with E-state index in [-0.39, 0.29) is 0 Å². The number of nitrogens with two attached hydrogens (primary N) is 1. The summed E-state index contributed by atoms with van der Waals surface area (Å²) in [6.45, 7) is 9.49. The highest BCUT2D eigenvalue weighted by atomic mass is 16.5. The standard InChI is InChI=1S/C16H21N3O2.C2H6/c1-10-16(11(2)21-19-10)12-3-4-15(14(17)9-12)18-13-5-7-20-8-6-13;1-2/h3-4,9,13,18H,5-8,17H2,1-2H3;1-2H3. The zero-order valence-corrected chi connectivity index (χ0v) is 14.5. The zero-order chi connectivity index (χ0) is 16.8. The van der Waals surface area contributed by atoms with E-state index >= 15 is 0 Å². The van der Waals surface area contributed by atoms with Gasteiger partial charge in [-0.25, -0.2) is 0 Å². The van der Waals surface area contributed by atoms with E-state index in [0.29, 0.717) is 6.04 Å². The van der Waals surface area contributed by atoms with Gasteiger partial charge in [-0.1, -0.05) is 25.1 Å². The van der Waals surface area contributed by atoms with E-state index in [2.05, 4.69) is 16.5 Å². The van der Waals surface area contributed by atoms with Crippen LogP contribution in [-0.4, -0.2) is 24.4 Å². The summed E-state index contributed by atoms with van der Waals surface area (Å²) >= 11 is 0. The summed E-state index contributed by atoms with van der Waals surface area (Å²) in [5.74, 6) is 0.817. The van der Waals surface area contributed by atoms with Gasteiger partial charge in [0.25, 0.3) is 0 Å². The van der Waals surface area contributed by atoms with Gasteiger partial charge in [-0.15, -0.1) is 0 Å². The first-order chi connectivity index (χ1) is 11.1.